The molecular weight excluding hydrogens is 343 g/mol. The Kier molecular flexibility index (Phi) is 4.74. The Morgan fingerprint density at radius 2 is 2.14 bits per heavy atom. The quantitative estimate of drug-likeness (QED) is 0.647. The van der Waals surface area contributed by atoms with Gasteiger partial charge < -0.3 is 10.1 Å². The summed E-state index contributed by atoms with van der Waals surface area (Å²) in [5.41, 5.74) is 0.373. The molecule has 0 amide bonds. The molecule has 0 aliphatic carbocycles. The lowest BCUT2D eigenvalue weighted by Crippen LogP contribution is -2.05. The molecule has 2 aromatic carbocycles. The zero-order valence-corrected chi connectivity index (χ0v) is 12.7. The van der Waals surface area contributed by atoms with Crippen LogP contribution in [0.3, 0.4) is 0 Å². The molecule has 0 atom stereocenters. The molecule has 0 unspecified atom stereocenters. The van der Waals surface area contributed by atoms with Crippen LogP contribution in [0, 0.1) is 15.9 Å². The summed E-state index contributed by atoms with van der Waals surface area (Å²) >= 11 is 3.38. The molecule has 0 heterocycles. The maximum absolute atomic E-state index is 13.8. The number of anilines is 1. The Bertz CT molecular complexity index is 679. The maximum atomic E-state index is 13.8. The first-order valence-electron chi connectivity index (χ1n) is 6.02. The molecule has 110 valence electrons. The molecule has 2 aromatic rings. The van der Waals surface area contributed by atoms with Crippen LogP contribution in [0.5, 0.6) is 5.75 Å². The molecule has 0 aliphatic rings. The van der Waals surface area contributed by atoms with Crippen LogP contribution < -0.4 is 10.1 Å². The van der Waals surface area contributed by atoms with Gasteiger partial charge in [0.15, 0.2) is 5.82 Å². The van der Waals surface area contributed by atoms with E-state index in [0.717, 1.165) is 10.0 Å². The summed E-state index contributed by atoms with van der Waals surface area (Å²) in [6, 6.07) is 9.08. The Morgan fingerprint density at radius 3 is 2.81 bits per heavy atom. The highest BCUT2D eigenvalue weighted by Gasteiger charge is 2.17. The van der Waals surface area contributed by atoms with Crippen molar-refractivity contribution in [1.29, 1.82) is 0 Å². The fourth-order valence-electron chi connectivity index (χ4n) is 1.84. The van der Waals surface area contributed by atoms with Gasteiger partial charge in [-0.3, -0.25) is 10.1 Å². The van der Waals surface area contributed by atoms with E-state index in [2.05, 4.69) is 21.2 Å². The third-order valence-corrected chi connectivity index (χ3v) is 3.67. The molecule has 0 aromatic heterocycles. The van der Waals surface area contributed by atoms with E-state index in [1.807, 2.05) is 0 Å². The van der Waals surface area contributed by atoms with Crippen LogP contribution in [0.25, 0.3) is 0 Å². The van der Waals surface area contributed by atoms with Gasteiger partial charge in [0, 0.05) is 17.1 Å². The highest BCUT2D eigenvalue weighted by atomic mass is 79.9. The van der Waals surface area contributed by atoms with Gasteiger partial charge in [-0.05, 0) is 29.8 Å². The van der Waals surface area contributed by atoms with E-state index in [1.54, 1.807) is 25.3 Å². The molecule has 0 aliphatic heterocycles. The first-order chi connectivity index (χ1) is 10.0. The number of methoxy groups -OCH3 is 1. The second-order valence-corrected chi connectivity index (χ2v) is 5.06. The summed E-state index contributed by atoms with van der Waals surface area (Å²) < 4.78 is 19.7. The number of para-hydroxylation sites is 1. The van der Waals surface area contributed by atoms with Crippen LogP contribution in [-0.4, -0.2) is 12.0 Å². The second-order valence-electron chi connectivity index (χ2n) is 4.20. The fraction of sp³-hybridized carbons (Fsp3) is 0.143. The smallest absolute Gasteiger partial charge is 0.295 e. The van der Waals surface area contributed by atoms with Gasteiger partial charge in [0.2, 0.25) is 0 Å². The number of nitro benzene ring substituents is 1. The van der Waals surface area contributed by atoms with Gasteiger partial charge in [0.25, 0.3) is 5.69 Å². The molecule has 0 fully saturated rings. The molecular formula is C14H12BrFN2O3. The Hall–Kier alpha value is -2.15. The van der Waals surface area contributed by atoms with Crippen LogP contribution in [0.15, 0.2) is 40.9 Å². The van der Waals surface area contributed by atoms with Crippen LogP contribution in [0.4, 0.5) is 15.8 Å². The topological polar surface area (TPSA) is 64.4 Å². The second kappa shape index (κ2) is 6.53. The van der Waals surface area contributed by atoms with Crippen LogP contribution >= 0.6 is 15.9 Å². The molecule has 0 spiro atoms. The van der Waals surface area contributed by atoms with Gasteiger partial charge in [-0.15, -0.1) is 0 Å². The molecule has 0 bridgehead atoms. The maximum Gasteiger partial charge on any atom is 0.295 e. The predicted molar refractivity (Wildman–Crippen MR) is 81.1 cm³/mol. The largest absolute Gasteiger partial charge is 0.497 e. The average Bonchev–Trinajstić information content (AvgIpc) is 2.47. The minimum Gasteiger partial charge on any atom is -0.497 e. The minimum absolute atomic E-state index is 0.128. The zero-order chi connectivity index (χ0) is 15.4. The minimum atomic E-state index is -0.664. The lowest BCUT2D eigenvalue weighted by Gasteiger charge is -2.11. The van der Waals surface area contributed by atoms with Gasteiger partial charge in [0.1, 0.15) is 11.4 Å². The van der Waals surface area contributed by atoms with Crippen molar-refractivity contribution in [3.8, 4) is 5.75 Å². The van der Waals surface area contributed by atoms with Crippen LogP contribution in [0.2, 0.25) is 0 Å². The molecule has 5 nitrogen and oxygen atoms in total. The number of nitrogens with one attached hydrogen (secondary N) is 1. The number of hydrogen-bond acceptors (Lipinski definition) is 4. The van der Waals surface area contributed by atoms with Crippen molar-refractivity contribution in [2.45, 2.75) is 6.54 Å². The zero-order valence-electron chi connectivity index (χ0n) is 11.1. The number of halogens is 2. The van der Waals surface area contributed by atoms with Crippen molar-refractivity contribution in [3.63, 3.8) is 0 Å². The summed E-state index contributed by atoms with van der Waals surface area (Å²) in [6.45, 7) is 0.222. The standard InChI is InChI=1S/C14H12BrFN2O3/c1-21-10-5-6-11(15)9(7-10)8-17-14-12(16)3-2-4-13(14)18(19)20/h2-7,17H,8H2,1H3. The highest BCUT2D eigenvalue weighted by molar-refractivity contribution is 9.10. The normalized spacial score (nSPS) is 10.2. The van der Waals surface area contributed by atoms with Gasteiger partial charge in [-0.1, -0.05) is 22.0 Å². The van der Waals surface area contributed by atoms with Gasteiger partial charge >= 0.3 is 0 Å². The highest BCUT2D eigenvalue weighted by Crippen LogP contribution is 2.29. The summed E-state index contributed by atoms with van der Waals surface area (Å²) in [4.78, 5) is 10.3. The van der Waals surface area contributed by atoms with Gasteiger partial charge in [-0.2, -0.15) is 0 Å². The van der Waals surface area contributed by atoms with Crippen LogP contribution in [-0.2, 0) is 6.54 Å². The van der Waals surface area contributed by atoms with Crippen molar-refractivity contribution in [2.75, 3.05) is 12.4 Å². The van der Waals surface area contributed by atoms with E-state index in [1.165, 1.54) is 18.2 Å². The number of nitrogens with zero attached hydrogens (tertiary/aromatic N) is 1. The summed E-state index contributed by atoms with van der Waals surface area (Å²) in [6.07, 6.45) is 0. The number of hydrogen-bond donors (Lipinski definition) is 1. The molecule has 2 rings (SSSR count). The molecule has 0 radical (unpaired) electrons. The van der Waals surface area contributed by atoms with Crippen molar-refractivity contribution in [3.05, 3.63) is 62.4 Å². The average molecular weight is 355 g/mol. The van der Waals surface area contributed by atoms with Crippen LogP contribution in [0.1, 0.15) is 5.56 Å². The molecule has 7 heteroatoms. The van der Waals surface area contributed by atoms with E-state index < -0.39 is 10.7 Å². The van der Waals surface area contributed by atoms with E-state index in [4.69, 9.17) is 4.74 Å². The third kappa shape index (κ3) is 3.49. The Balaban J connectivity index is 2.26. The van der Waals surface area contributed by atoms with Crippen molar-refractivity contribution >= 4 is 27.3 Å². The summed E-state index contributed by atoms with van der Waals surface area (Å²) in [7, 11) is 1.54. The third-order valence-electron chi connectivity index (χ3n) is 2.90. The number of ether oxygens (including phenoxy) is 1. The SMILES string of the molecule is COc1ccc(Br)c(CNc2c(F)cccc2[N+](=O)[O-])c1. The number of nitro groups is 1. The van der Waals surface area contributed by atoms with E-state index in [0.29, 0.717) is 5.75 Å². The monoisotopic (exact) mass is 354 g/mol. The van der Waals surface area contributed by atoms with Crippen molar-refractivity contribution < 1.29 is 14.1 Å². The predicted octanol–water partition coefficient (Wildman–Crippen LogP) is 4.12. The summed E-state index contributed by atoms with van der Waals surface area (Å²) in [5.74, 6) is -0.0127. The van der Waals surface area contributed by atoms with Crippen molar-refractivity contribution in [1.82, 2.24) is 0 Å². The van der Waals surface area contributed by atoms with E-state index >= 15 is 0 Å². The lowest BCUT2D eigenvalue weighted by atomic mass is 10.2. The Labute approximate surface area is 129 Å². The van der Waals surface area contributed by atoms with Crippen molar-refractivity contribution in [2.24, 2.45) is 0 Å². The molecule has 1 N–H and O–H groups in total. The van der Waals surface area contributed by atoms with E-state index in [-0.39, 0.29) is 17.9 Å². The van der Waals surface area contributed by atoms with Gasteiger partial charge in [-0.25, -0.2) is 4.39 Å². The molecule has 0 saturated heterocycles. The summed E-state index contributed by atoms with van der Waals surface area (Å²) in [5, 5.41) is 13.7. The molecule has 0 saturated carbocycles. The van der Waals surface area contributed by atoms with Gasteiger partial charge in [0.05, 0.1) is 12.0 Å². The number of benzene rings is 2. The lowest BCUT2D eigenvalue weighted by molar-refractivity contribution is -0.384. The first kappa shape index (κ1) is 15.2. The molecule has 21 heavy (non-hydrogen) atoms. The number of rotatable bonds is 5. The first-order valence-corrected chi connectivity index (χ1v) is 6.81. The fourth-order valence-corrected chi connectivity index (χ4v) is 2.22. The van der Waals surface area contributed by atoms with E-state index in [9.17, 15) is 14.5 Å². The Morgan fingerprint density at radius 1 is 1.38 bits per heavy atom.